The smallest absolute Gasteiger partial charge is 0.220 e. The minimum Gasteiger partial charge on any atom is -0.394 e. The van der Waals surface area contributed by atoms with Crippen LogP contribution in [0.4, 0.5) is 0 Å². The van der Waals surface area contributed by atoms with E-state index in [0.29, 0.717) is 6.42 Å². The highest BCUT2D eigenvalue weighted by Gasteiger charge is 2.44. The second-order valence-corrected chi connectivity index (χ2v) is 13.3. The molecular weight excluding hydrogens is 622 g/mol. The van der Waals surface area contributed by atoms with Crippen LogP contribution in [-0.2, 0) is 14.3 Å². The Morgan fingerprint density at radius 3 is 1.73 bits per heavy atom. The Balaban J connectivity index is 2.50. The highest BCUT2D eigenvalue weighted by Crippen LogP contribution is 2.22. The summed E-state index contributed by atoms with van der Waals surface area (Å²) in [6.07, 6.45) is 30.3. The van der Waals surface area contributed by atoms with Crippen molar-refractivity contribution in [2.75, 3.05) is 13.2 Å². The first-order valence-electron chi connectivity index (χ1n) is 19.4. The third-order valence-electron chi connectivity index (χ3n) is 8.85. The maximum absolute atomic E-state index is 12.8. The average molecular weight is 694 g/mol. The highest BCUT2D eigenvalue weighted by molar-refractivity contribution is 5.76. The van der Waals surface area contributed by atoms with Crippen molar-refractivity contribution in [3.8, 4) is 0 Å². The van der Waals surface area contributed by atoms with Crippen LogP contribution >= 0.6 is 0 Å². The van der Waals surface area contributed by atoms with Crippen molar-refractivity contribution >= 4 is 5.91 Å². The first kappa shape index (κ1) is 45.2. The molecule has 6 N–H and O–H groups in total. The van der Waals surface area contributed by atoms with Crippen LogP contribution in [0.3, 0.4) is 0 Å². The monoisotopic (exact) mass is 694 g/mol. The summed E-state index contributed by atoms with van der Waals surface area (Å²) in [7, 11) is 0. The summed E-state index contributed by atoms with van der Waals surface area (Å²) in [5.41, 5.74) is 0. The normalized spacial score (nSPS) is 23.0. The molecule has 9 nitrogen and oxygen atoms in total. The molecule has 0 saturated carbocycles. The van der Waals surface area contributed by atoms with Gasteiger partial charge < -0.3 is 40.3 Å². The van der Waals surface area contributed by atoms with Gasteiger partial charge in [-0.15, -0.1) is 0 Å². The Morgan fingerprint density at radius 2 is 1.16 bits per heavy atom. The van der Waals surface area contributed by atoms with Crippen LogP contribution in [0.5, 0.6) is 0 Å². The van der Waals surface area contributed by atoms with E-state index >= 15 is 0 Å². The number of hydrogen-bond donors (Lipinski definition) is 6. The predicted octanol–water partition coefficient (Wildman–Crippen LogP) is 6.72. The van der Waals surface area contributed by atoms with E-state index in [1.54, 1.807) is 6.08 Å². The molecule has 1 aliphatic heterocycles. The molecule has 1 rings (SSSR count). The van der Waals surface area contributed by atoms with Gasteiger partial charge >= 0.3 is 0 Å². The Morgan fingerprint density at radius 1 is 0.673 bits per heavy atom. The Kier molecular flexibility index (Phi) is 28.5. The number of nitrogens with one attached hydrogen (secondary N) is 1. The number of carbonyl (C=O) groups is 1. The van der Waals surface area contributed by atoms with Crippen LogP contribution in [0, 0.1) is 0 Å². The van der Waals surface area contributed by atoms with Gasteiger partial charge in [0, 0.05) is 6.42 Å². The number of hydrogen-bond acceptors (Lipinski definition) is 8. The molecule has 1 fully saturated rings. The van der Waals surface area contributed by atoms with Gasteiger partial charge in [-0.1, -0.05) is 120 Å². The Hall–Kier alpha value is -1.85. The number of rotatable bonds is 30. The van der Waals surface area contributed by atoms with Crippen LogP contribution in [0.25, 0.3) is 0 Å². The summed E-state index contributed by atoms with van der Waals surface area (Å²) >= 11 is 0. The van der Waals surface area contributed by atoms with E-state index in [0.717, 1.165) is 44.9 Å². The maximum Gasteiger partial charge on any atom is 0.220 e. The lowest BCUT2D eigenvalue weighted by Gasteiger charge is -2.40. The number of carbonyl (C=O) groups excluding carboxylic acids is 1. The van der Waals surface area contributed by atoms with Crippen LogP contribution < -0.4 is 5.32 Å². The van der Waals surface area contributed by atoms with E-state index in [9.17, 15) is 30.3 Å². The van der Waals surface area contributed by atoms with Gasteiger partial charge in [0.1, 0.15) is 24.4 Å². The maximum atomic E-state index is 12.8. The number of aliphatic hydroxyl groups excluding tert-OH is 5. The van der Waals surface area contributed by atoms with Crippen molar-refractivity contribution in [2.45, 2.75) is 185 Å². The molecule has 0 bridgehead atoms. The highest BCUT2D eigenvalue weighted by atomic mass is 16.7. The lowest BCUT2D eigenvalue weighted by molar-refractivity contribution is -0.302. The van der Waals surface area contributed by atoms with E-state index in [-0.39, 0.29) is 18.9 Å². The van der Waals surface area contributed by atoms with Gasteiger partial charge in [-0.3, -0.25) is 4.79 Å². The van der Waals surface area contributed by atoms with Crippen molar-refractivity contribution in [1.82, 2.24) is 5.32 Å². The first-order valence-corrected chi connectivity index (χ1v) is 19.4. The molecule has 1 saturated heterocycles. The second kappa shape index (κ2) is 30.9. The van der Waals surface area contributed by atoms with E-state index in [1.807, 2.05) is 6.08 Å². The van der Waals surface area contributed by atoms with E-state index in [1.165, 1.54) is 70.6 Å². The van der Waals surface area contributed by atoms with Crippen molar-refractivity contribution in [1.29, 1.82) is 0 Å². The summed E-state index contributed by atoms with van der Waals surface area (Å²) in [4.78, 5) is 12.8. The molecule has 284 valence electrons. The van der Waals surface area contributed by atoms with Gasteiger partial charge in [-0.25, -0.2) is 0 Å². The van der Waals surface area contributed by atoms with Crippen LogP contribution in [0.2, 0.25) is 0 Å². The number of ether oxygens (including phenoxy) is 2. The SMILES string of the molecule is CCCCCC/C=C\CCCC(=O)NC(COC1OC(CO)C(O)C(O)C1O)C(O)/C=C/CC/C=C/CC/C=C/CCCCCCCCC. The molecule has 0 aromatic carbocycles. The van der Waals surface area contributed by atoms with Gasteiger partial charge in [0.25, 0.3) is 0 Å². The third kappa shape index (κ3) is 22.6. The van der Waals surface area contributed by atoms with Crippen molar-refractivity contribution < 1.29 is 39.8 Å². The zero-order chi connectivity index (χ0) is 36.0. The number of unbranched alkanes of at least 4 members (excludes halogenated alkanes) is 14. The van der Waals surface area contributed by atoms with Gasteiger partial charge in [0.05, 0.1) is 25.4 Å². The van der Waals surface area contributed by atoms with Crippen LogP contribution in [-0.4, -0.2) is 87.5 Å². The van der Waals surface area contributed by atoms with Gasteiger partial charge in [0.15, 0.2) is 6.29 Å². The fourth-order valence-corrected chi connectivity index (χ4v) is 5.66. The van der Waals surface area contributed by atoms with E-state index < -0.39 is 49.5 Å². The molecule has 7 unspecified atom stereocenters. The molecule has 0 aliphatic carbocycles. The molecule has 0 spiro atoms. The second-order valence-electron chi connectivity index (χ2n) is 13.3. The van der Waals surface area contributed by atoms with Crippen molar-refractivity contribution in [3.63, 3.8) is 0 Å². The molecule has 1 amide bonds. The van der Waals surface area contributed by atoms with Gasteiger partial charge in [0.2, 0.25) is 5.91 Å². The molecule has 0 aromatic rings. The van der Waals surface area contributed by atoms with E-state index in [2.05, 4.69) is 55.6 Å². The molecule has 49 heavy (non-hydrogen) atoms. The lowest BCUT2D eigenvalue weighted by atomic mass is 9.99. The Bertz CT molecular complexity index is 905. The topological polar surface area (TPSA) is 149 Å². The fraction of sp³-hybridized carbons (Fsp3) is 0.775. The van der Waals surface area contributed by atoms with Gasteiger partial charge in [-0.05, 0) is 64.2 Å². The minimum atomic E-state index is -1.58. The summed E-state index contributed by atoms with van der Waals surface area (Å²) < 4.78 is 11.1. The molecule has 9 heteroatoms. The number of amides is 1. The molecular formula is C40H71NO8. The van der Waals surface area contributed by atoms with Crippen LogP contribution in [0.15, 0.2) is 48.6 Å². The summed E-state index contributed by atoms with van der Waals surface area (Å²) in [5, 5.41) is 53.8. The first-order chi connectivity index (χ1) is 23.8. The predicted molar refractivity (Wildman–Crippen MR) is 198 cm³/mol. The molecule has 0 aromatic heterocycles. The standard InChI is InChI=1S/C40H71NO8/c1-3-5-7-9-11-13-14-15-16-17-18-19-20-22-23-25-27-29-34(43)33(32-48-40-39(47)38(46)37(45)35(31-42)49-40)41-36(44)30-28-26-24-21-12-10-8-6-4-2/h16-17,20-22,24,27,29,33-35,37-40,42-43,45-47H,3-15,18-19,23,25-26,28,30-32H2,1-2H3,(H,41,44)/b17-16+,22-20+,24-21-,29-27+. The molecule has 0 radical (unpaired) electrons. The zero-order valence-corrected chi connectivity index (χ0v) is 30.7. The molecule has 1 aliphatic rings. The zero-order valence-electron chi connectivity index (χ0n) is 30.7. The summed E-state index contributed by atoms with van der Waals surface area (Å²) in [5.74, 6) is -0.231. The summed E-state index contributed by atoms with van der Waals surface area (Å²) in [6, 6.07) is -0.839. The van der Waals surface area contributed by atoms with Crippen LogP contribution in [0.1, 0.15) is 142 Å². The van der Waals surface area contributed by atoms with Crippen molar-refractivity contribution in [2.24, 2.45) is 0 Å². The summed E-state index contributed by atoms with van der Waals surface area (Å²) in [6.45, 7) is 3.65. The third-order valence-corrected chi connectivity index (χ3v) is 8.85. The molecule has 7 atom stereocenters. The Labute approximate surface area is 297 Å². The quantitative estimate of drug-likeness (QED) is 0.0359. The van der Waals surface area contributed by atoms with Gasteiger partial charge in [-0.2, -0.15) is 0 Å². The number of allylic oxidation sites excluding steroid dienone is 7. The van der Waals surface area contributed by atoms with E-state index in [4.69, 9.17) is 9.47 Å². The fourth-order valence-electron chi connectivity index (χ4n) is 5.66. The number of aliphatic hydroxyl groups is 5. The lowest BCUT2D eigenvalue weighted by Crippen LogP contribution is -2.60. The average Bonchev–Trinajstić information content (AvgIpc) is 3.10. The van der Waals surface area contributed by atoms with Crippen molar-refractivity contribution in [3.05, 3.63) is 48.6 Å². The molecule has 1 heterocycles. The minimum absolute atomic E-state index is 0.218. The largest absolute Gasteiger partial charge is 0.394 e.